The lowest BCUT2D eigenvalue weighted by atomic mass is 10.2. The minimum absolute atomic E-state index is 0.807. The smallest absolute Gasteiger partial charge is 0.169 e. The van der Waals surface area contributed by atoms with E-state index in [-0.39, 0.29) is 0 Å². The molecule has 2 aromatic rings. The summed E-state index contributed by atoms with van der Waals surface area (Å²) in [5.41, 5.74) is 2.73. The molecule has 1 aliphatic rings. The summed E-state index contributed by atoms with van der Waals surface area (Å²) in [6.45, 7) is 6.34. The number of nitrogens with zero attached hydrogens (tertiary/aromatic N) is 1. The summed E-state index contributed by atoms with van der Waals surface area (Å²) in [4.78, 5) is 3.95. The minimum Gasteiger partial charge on any atom is -0.358 e. The van der Waals surface area contributed by atoms with E-state index in [9.17, 15) is 0 Å². The van der Waals surface area contributed by atoms with Crippen molar-refractivity contribution >= 4 is 28.7 Å². The molecule has 1 saturated heterocycles. The Kier molecular flexibility index (Phi) is 5.43. The zero-order valence-corrected chi connectivity index (χ0v) is 14.3. The molecule has 0 atom stereocenters. The Bertz CT molecular complexity index is 575. The largest absolute Gasteiger partial charge is 0.358 e. The predicted octanol–water partition coefficient (Wildman–Crippen LogP) is 1.52. The number of quaternary nitrogens is 1. The molecule has 22 heavy (non-hydrogen) atoms. The van der Waals surface area contributed by atoms with Crippen molar-refractivity contribution in [2.75, 3.05) is 26.2 Å². The van der Waals surface area contributed by atoms with Crippen molar-refractivity contribution in [3.05, 3.63) is 58.3 Å². The van der Waals surface area contributed by atoms with Gasteiger partial charge >= 0.3 is 0 Å². The Hall–Kier alpha value is -1.43. The lowest BCUT2D eigenvalue weighted by molar-refractivity contribution is -0.917. The van der Waals surface area contributed by atoms with Crippen LogP contribution in [0, 0.1) is 0 Å². The third-order valence-corrected chi connectivity index (χ3v) is 5.21. The van der Waals surface area contributed by atoms with Gasteiger partial charge < -0.3 is 15.1 Å². The van der Waals surface area contributed by atoms with Gasteiger partial charge in [0, 0.05) is 12.1 Å². The fourth-order valence-corrected chi connectivity index (χ4v) is 3.69. The first-order valence-electron chi connectivity index (χ1n) is 7.72. The normalized spacial score (nSPS) is 15.7. The molecule has 0 aliphatic carbocycles. The van der Waals surface area contributed by atoms with Crippen molar-refractivity contribution in [2.24, 2.45) is 0 Å². The van der Waals surface area contributed by atoms with Crippen LogP contribution in [0.1, 0.15) is 11.1 Å². The SMILES string of the molecule is S=C(NCc1ccccc1)N1CC[NH+](Cc2ccsc2)CC1. The number of rotatable bonds is 4. The van der Waals surface area contributed by atoms with E-state index < -0.39 is 0 Å². The van der Waals surface area contributed by atoms with Crippen molar-refractivity contribution in [1.29, 1.82) is 0 Å². The van der Waals surface area contributed by atoms with Crippen LogP contribution in [0.3, 0.4) is 0 Å². The second kappa shape index (κ2) is 7.72. The quantitative estimate of drug-likeness (QED) is 0.829. The van der Waals surface area contributed by atoms with Crippen molar-refractivity contribution in [3.8, 4) is 0 Å². The highest BCUT2D eigenvalue weighted by Gasteiger charge is 2.21. The lowest BCUT2D eigenvalue weighted by Gasteiger charge is -2.33. The number of nitrogens with one attached hydrogen (secondary N) is 2. The topological polar surface area (TPSA) is 19.7 Å². The van der Waals surface area contributed by atoms with E-state index in [2.05, 4.69) is 51.3 Å². The molecule has 1 aromatic carbocycles. The molecule has 2 heterocycles. The molecule has 3 rings (SSSR count). The first-order valence-corrected chi connectivity index (χ1v) is 9.08. The van der Waals surface area contributed by atoms with E-state index in [4.69, 9.17) is 12.2 Å². The van der Waals surface area contributed by atoms with E-state index in [1.165, 1.54) is 11.1 Å². The van der Waals surface area contributed by atoms with Gasteiger partial charge in [-0.1, -0.05) is 30.3 Å². The Morgan fingerprint density at radius 3 is 2.59 bits per heavy atom. The maximum atomic E-state index is 5.53. The van der Waals surface area contributed by atoms with Crippen LogP contribution < -0.4 is 10.2 Å². The molecule has 1 aromatic heterocycles. The molecule has 2 N–H and O–H groups in total. The van der Waals surface area contributed by atoms with Crippen LogP contribution in [0.5, 0.6) is 0 Å². The van der Waals surface area contributed by atoms with E-state index in [1.54, 1.807) is 16.2 Å². The van der Waals surface area contributed by atoms with E-state index in [1.807, 2.05) is 6.07 Å². The molecule has 3 nitrogen and oxygen atoms in total. The van der Waals surface area contributed by atoms with Crippen LogP contribution in [-0.4, -0.2) is 36.2 Å². The average Bonchev–Trinajstić information content (AvgIpc) is 3.07. The van der Waals surface area contributed by atoms with Crippen LogP contribution in [0.2, 0.25) is 0 Å². The highest BCUT2D eigenvalue weighted by molar-refractivity contribution is 7.80. The van der Waals surface area contributed by atoms with Crippen molar-refractivity contribution in [2.45, 2.75) is 13.1 Å². The summed E-state index contributed by atoms with van der Waals surface area (Å²) in [6, 6.07) is 12.6. The van der Waals surface area contributed by atoms with Gasteiger partial charge in [0.2, 0.25) is 0 Å². The van der Waals surface area contributed by atoms with Gasteiger partial charge in [-0.3, -0.25) is 0 Å². The molecule has 116 valence electrons. The van der Waals surface area contributed by atoms with Crippen molar-refractivity contribution < 1.29 is 4.90 Å². The van der Waals surface area contributed by atoms with Gasteiger partial charge in [0.05, 0.1) is 26.2 Å². The maximum absolute atomic E-state index is 5.53. The third kappa shape index (κ3) is 4.29. The van der Waals surface area contributed by atoms with Crippen LogP contribution >= 0.6 is 23.6 Å². The molecule has 1 fully saturated rings. The standard InChI is InChI=1S/C17H21N3S2/c21-17(18-12-15-4-2-1-3-5-15)20-9-7-19(8-10-20)13-16-6-11-22-14-16/h1-6,11,14H,7-10,12-13H2,(H,18,21)/p+1. The Morgan fingerprint density at radius 1 is 1.14 bits per heavy atom. The Labute approximate surface area is 141 Å². The monoisotopic (exact) mass is 332 g/mol. The second-order valence-corrected chi connectivity index (χ2v) is 6.86. The number of piperazine rings is 1. The number of benzene rings is 1. The molecular weight excluding hydrogens is 310 g/mol. The average molecular weight is 333 g/mol. The Balaban J connectivity index is 1.42. The van der Waals surface area contributed by atoms with Crippen LogP contribution in [0.25, 0.3) is 0 Å². The van der Waals surface area contributed by atoms with Gasteiger partial charge in [0.15, 0.2) is 5.11 Å². The summed E-state index contributed by atoms with van der Waals surface area (Å²) in [5.74, 6) is 0. The lowest BCUT2D eigenvalue weighted by Crippen LogP contribution is -3.13. The van der Waals surface area contributed by atoms with Gasteiger partial charge in [0.25, 0.3) is 0 Å². The summed E-state index contributed by atoms with van der Waals surface area (Å²) in [7, 11) is 0. The molecule has 0 unspecified atom stereocenters. The minimum atomic E-state index is 0.807. The Morgan fingerprint density at radius 2 is 1.91 bits per heavy atom. The zero-order chi connectivity index (χ0) is 15.2. The summed E-state index contributed by atoms with van der Waals surface area (Å²) < 4.78 is 0. The molecule has 0 saturated carbocycles. The summed E-state index contributed by atoms with van der Waals surface area (Å²) in [5, 5.41) is 8.68. The van der Waals surface area contributed by atoms with Gasteiger partial charge in [-0.25, -0.2) is 0 Å². The predicted molar refractivity (Wildman–Crippen MR) is 96.2 cm³/mol. The molecule has 5 heteroatoms. The maximum Gasteiger partial charge on any atom is 0.169 e. The number of thiophene rings is 1. The molecule has 0 bridgehead atoms. The van der Waals surface area contributed by atoms with Gasteiger partial charge in [-0.2, -0.15) is 11.3 Å². The first-order chi connectivity index (χ1) is 10.8. The summed E-state index contributed by atoms with van der Waals surface area (Å²) in [6.07, 6.45) is 0. The first kappa shape index (κ1) is 15.5. The van der Waals surface area contributed by atoms with Crippen molar-refractivity contribution in [3.63, 3.8) is 0 Å². The van der Waals surface area contributed by atoms with E-state index >= 15 is 0 Å². The fraction of sp³-hybridized carbons (Fsp3) is 0.353. The highest BCUT2D eigenvalue weighted by atomic mass is 32.1. The molecule has 0 amide bonds. The van der Waals surface area contributed by atoms with E-state index in [0.29, 0.717) is 0 Å². The third-order valence-electron chi connectivity index (χ3n) is 4.08. The molecule has 0 spiro atoms. The number of hydrogen-bond acceptors (Lipinski definition) is 2. The van der Waals surface area contributed by atoms with Crippen LogP contribution in [0.15, 0.2) is 47.2 Å². The molecular formula is C17H22N3S2+. The van der Waals surface area contributed by atoms with Crippen LogP contribution in [-0.2, 0) is 13.1 Å². The molecule has 1 aliphatic heterocycles. The number of hydrogen-bond donors (Lipinski definition) is 2. The summed E-state index contributed by atoms with van der Waals surface area (Å²) >= 11 is 7.32. The zero-order valence-electron chi connectivity index (χ0n) is 12.6. The second-order valence-electron chi connectivity index (χ2n) is 5.69. The van der Waals surface area contributed by atoms with Crippen molar-refractivity contribution in [1.82, 2.24) is 10.2 Å². The highest BCUT2D eigenvalue weighted by Crippen LogP contribution is 2.04. The van der Waals surface area contributed by atoms with E-state index in [0.717, 1.165) is 44.4 Å². The van der Waals surface area contributed by atoms with Crippen LogP contribution in [0.4, 0.5) is 0 Å². The van der Waals surface area contributed by atoms with Gasteiger partial charge in [0.1, 0.15) is 6.54 Å². The van der Waals surface area contributed by atoms with Gasteiger partial charge in [-0.05, 0) is 34.6 Å². The fourth-order valence-electron chi connectivity index (χ4n) is 2.77. The number of thiocarbonyl (C=S) groups is 1. The van der Waals surface area contributed by atoms with Gasteiger partial charge in [-0.15, -0.1) is 0 Å². The molecule has 0 radical (unpaired) electrons.